The summed E-state index contributed by atoms with van der Waals surface area (Å²) in [6.45, 7) is 1.64. The molecule has 0 unspecified atom stereocenters. The Hall–Kier alpha value is -3.87. The molecule has 4 rings (SSSR count). The average molecular weight is 403 g/mol. The molecule has 30 heavy (non-hydrogen) atoms. The van der Waals surface area contributed by atoms with Crippen LogP contribution in [0.15, 0.2) is 58.3 Å². The molecule has 0 aliphatic heterocycles. The van der Waals surface area contributed by atoms with Crippen LogP contribution in [0.3, 0.4) is 0 Å². The second-order valence-corrected chi connectivity index (χ2v) is 7.50. The summed E-state index contributed by atoms with van der Waals surface area (Å²) in [5.41, 5.74) is 3.87. The van der Waals surface area contributed by atoms with Gasteiger partial charge in [-0.15, -0.1) is 0 Å². The number of rotatable bonds is 4. The Morgan fingerprint density at radius 3 is 2.40 bits per heavy atom. The minimum Gasteiger partial charge on any atom is -0.480 e. The van der Waals surface area contributed by atoms with Crippen molar-refractivity contribution in [1.29, 1.82) is 0 Å². The molecule has 0 fully saturated rings. The van der Waals surface area contributed by atoms with E-state index in [0.717, 1.165) is 16.8 Å². The van der Waals surface area contributed by atoms with Crippen molar-refractivity contribution in [2.75, 3.05) is 19.0 Å². The van der Waals surface area contributed by atoms with Gasteiger partial charge in [0.15, 0.2) is 5.43 Å². The molecule has 0 atom stereocenters. The Morgan fingerprint density at radius 2 is 1.73 bits per heavy atom. The molecule has 0 saturated heterocycles. The van der Waals surface area contributed by atoms with Gasteiger partial charge in [0.05, 0.1) is 16.7 Å². The first-order valence-corrected chi connectivity index (χ1v) is 9.46. The molecule has 2 aromatic carbocycles. The van der Waals surface area contributed by atoms with Gasteiger partial charge in [0, 0.05) is 37.1 Å². The Balaban J connectivity index is 2.19. The minimum atomic E-state index is -1.01. The van der Waals surface area contributed by atoms with Crippen molar-refractivity contribution in [2.45, 2.75) is 13.5 Å². The van der Waals surface area contributed by atoms with E-state index in [4.69, 9.17) is 0 Å². The van der Waals surface area contributed by atoms with E-state index in [0.29, 0.717) is 27.4 Å². The lowest BCUT2D eigenvalue weighted by Gasteiger charge is -2.23. The van der Waals surface area contributed by atoms with Gasteiger partial charge >= 0.3 is 5.97 Å². The number of aryl methyl sites for hydroxylation is 1. The smallest absolute Gasteiger partial charge is 0.323 e. The topological polar surface area (TPSA) is 95.4 Å². The van der Waals surface area contributed by atoms with Crippen molar-refractivity contribution < 1.29 is 9.90 Å². The molecule has 0 radical (unpaired) electrons. The zero-order valence-electron chi connectivity index (χ0n) is 16.9. The Labute approximate surface area is 171 Å². The van der Waals surface area contributed by atoms with Crippen molar-refractivity contribution in [2.24, 2.45) is 0 Å². The molecular weight excluding hydrogens is 382 g/mol. The van der Waals surface area contributed by atoms with E-state index in [1.165, 1.54) is 6.07 Å². The fraction of sp³-hybridized carbons (Fsp3) is 0.174. The van der Waals surface area contributed by atoms with Gasteiger partial charge in [0.1, 0.15) is 6.54 Å². The van der Waals surface area contributed by atoms with Crippen LogP contribution in [0.25, 0.3) is 32.9 Å². The van der Waals surface area contributed by atoms with E-state index in [1.54, 1.807) is 41.1 Å². The summed E-state index contributed by atoms with van der Waals surface area (Å²) in [6, 6.07) is 12.1. The van der Waals surface area contributed by atoms with Crippen molar-refractivity contribution >= 4 is 33.5 Å². The fourth-order valence-electron chi connectivity index (χ4n) is 4.02. The second-order valence-electron chi connectivity index (χ2n) is 7.50. The van der Waals surface area contributed by atoms with Crippen LogP contribution < -0.4 is 15.9 Å². The van der Waals surface area contributed by atoms with Crippen LogP contribution in [0.5, 0.6) is 0 Å². The first kappa shape index (κ1) is 19.4. The van der Waals surface area contributed by atoms with Crippen molar-refractivity contribution in [3.63, 3.8) is 0 Å². The summed E-state index contributed by atoms with van der Waals surface area (Å²) >= 11 is 0. The molecule has 0 saturated carbocycles. The molecule has 7 heteroatoms. The molecule has 2 heterocycles. The van der Waals surface area contributed by atoms with Gasteiger partial charge in [0.25, 0.3) is 0 Å². The Kier molecular flexibility index (Phi) is 4.66. The minimum absolute atomic E-state index is 0.151. The number of carbonyl (C=O) groups is 1. The van der Waals surface area contributed by atoms with Gasteiger partial charge in [-0.3, -0.25) is 14.4 Å². The molecule has 2 N–H and O–H groups in total. The summed E-state index contributed by atoms with van der Waals surface area (Å²) in [7, 11) is 3.74. The van der Waals surface area contributed by atoms with E-state index in [1.807, 2.05) is 32.0 Å². The standard InChI is InChI=1S/C23H21N3O4/c1-13-4-6-17-22(21(13)25(2)3)26(12-20(28)29)18-10-14(5-7-16(18)23(17)30)15-8-9-24-19(27)11-15/h4-11H,12H2,1-3H3,(H,24,27)(H,28,29). The summed E-state index contributed by atoms with van der Waals surface area (Å²) in [5.74, 6) is -1.01. The first-order chi connectivity index (χ1) is 14.3. The zero-order chi connectivity index (χ0) is 21.6. The molecule has 152 valence electrons. The van der Waals surface area contributed by atoms with Crippen molar-refractivity contribution in [3.05, 3.63) is 74.8 Å². The number of pyridine rings is 2. The van der Waals surface area contributed by atoms with Gasteiger partial charge < -0.3 is 19.6 Å². The number of anilines is 1. The number of fused-ring (bicyclic) bond motifs is 2. The summed E-state index contributed by atoms with van der Waals surface area (Å²) in [4.78, 5) is 41.2. The maximum absolute atomic E-state index is 13.3. The predicted octanol–water partition coefficient (Wildman–Crippen LogP) is 2.97. The summed E-state index contributed by atoms with van der Waals surface area (Å²) in [5, 5.41) is 10.5. The number of nitrogens with one attached hydrogen (secondary N) is 1. The predicted molar refractivity (Wildman–Crippen MR) is 118 cm³/mol. The summed E-state index contributed by atoms with van der Waals surface area (Å²) in [6.07, 6.45) is 1.56. The monoisotopic (exact) mass is 403 g/mol. The van der Waals surface area contributed by atoms with Crippen LogP contribution in [0, 0.1) is 6.92 Å². The summed E-state index contributed by atoms with van der Waals surface area (Å²) < 4.78 is 1.67. The molecule has 0 aliphatic carbocycles. The fourth-order valence-corrected chi connectivity index (χ4v) is 4.02. The van der Waals surface area contributed by atoms with Crippen LogP contribution in [-0.4, -0.2) is 34.7 Å². The van der Waals surface area contributed by atoms with E-state index < -0.39 is 5.97 Å². The lowest BCUT2D eigenvalue weighted by molar-refractivity contribution is -0.137. The molecule has 4 aromatic rings. The van der Waals surface area contributed by atoms with Gasteiger partial charge in [-0.05, 0) is 47.9 Å². The molecular formula is C23H21N3O4. The molecule has 0 spiro atoms. The number of nitrogens with zero attached hydrogens (tertiary/aromatic N) is 2. The highest BCUT2D eigenvalue weighted by Crippen LogP contribution is 2.32. The van der Waals surface area contributed by atoms with E-state index in [9.17, 15) is 19.5 Å². The Morgan fingerprint density at radius 1 is 1.03 bits per heavy atom. The first-order valence-electron chi connectivity index (χ1n) is 9.46. The highest BCUT2D eigenvalue weighted by atomic mass is 16.4. The van der Waals surface area contributed by atoms with Crippen LogP contribution in [0.1, 0.15) is 5.56 Å². The Bertz CT molecular complexity index is 1430. The zero-order valence-corrected chi connectivity index (χ0v) is 16.9. The van der Waals surface area contributed by atoms with Crippen LogP contribution in [-0.2, 0) is 11.3 Å². The number of benzene rings is 2. The highest BCUT2D eigenvalue weighted by molar-refractivity contribution is 6.02. The third-order valence-corrected chi connectivity index (χ3v) is 5.25. The lowest BCUT2D eigenvalue weighted by atomic mass is 10.0. The third kappa shape index (κ3) is 3.14. The van der Waals surface area contributed by atoms with E-state index in [-0.39, 0.29) is 17.5 Å². The maximum Gasteiger partial charge on any atom is 0.323 e. The quantitative estimate of drug-likeness (QED) is 0.511. The van der Waals surface area contributed by atoms with Gasteiger partial charge in [-0.1, -0.05) is 12.1 Å². The largest absolute Gasteiger partial charge is 0.480 e. The number of aromatic amines is 1. The number of aliphatic carboxylic acids is 1. The van der Waals surface area contributed by atoms with Crippen LogP contribution in [0.4, 0.5) is 5.69 Å². The second kappa shape index (κ2) is 7.18. The number of carboxylic acids is 1. The number of aromatic nitrogens is 2. The lowest BCUT2D eigenvalue weighted by Crippen LogP contribution is -2.20. The normalized spacial score (nSPS) is 11.2. The molecule has 7 nitrogen and oxygen atoms in total. The van der Waals surface area contributed by atoms with Gasteiger partial charge in [-0.2, -0.15) is 0 Å². The molecule has 0 amide bonds. The molecule has 0 aliphatic rings. The van der Waals surface area contributed by atoms with Crippen molar-refractivity contribution in [1.82, 2.24) is 9.55 Å². The van der Waals surface area contributed by atoms with Crippen LogP contribution in [0.2, 0.25) is 0 Å². The highest BCUT2D eigenvalue weighted by Gasteiger charge is 2.19. The van der Waals surface area contributed by atoms with Crippen molar-refractivity contribution in [3.8, 4) is 11.1 Å². The third-order valence-electron chi connectivity index (χ3n) is 5.25. The van der Waals surface area contributed by atoms with Gasteiger partial charge in [0.2, 0.25) is 5.56 Å². The maximum atomic E-state index is 13.3. The van der Waals surface area contributed by atoms with E-state index >= 15 is 0 Å². The number of H-pyrrole nitrogens is 1. The SMILES string of the molecule is Cc1ccc2c(=O)c3ccc(-c4cc[nH]c(=O)c4)cc3n(CC(=O)O)c2c1N(C)C. The molecule has 2 aromatic heterocycles. The average Bonchev–Trinajstić information content (AvgIpc) is 2.70. The van der Waals surface area contributed by atoms with Crippen LogP contribution >= 0.6 is 0 Å². The van der Waals surface area contributed by atoms with E-state index in [2.05, 4.69) is 4.98 Å². The number of hydrogen-bond donors (Lipinski definition) is 2. The molecule has 0 bridgehead atoms. The number of hydrogen-bond acceptors (Lipinski definition) is 4. The number of carboxylic acid groups (broad SMARTS) is 1. The van der Waals surface area contributed by atoms with Gasteiger partial charge in [-0.25, -0.2) is 0 Å².